The van der Waals surface area contributed by atoms with Crippen molar-refractivity contribution in [3.05, 3.63) is 35.6 Å². The third kappa shape index (κ3) is 3.79. The molecule has 1 unspecified atom stereocenters. The van der Waals surface area contributed by atoms with Crippen LogP contribution in [0.25, 0.3) is 0 Å². The molecule has 2 rings (SSSR count). The Balaban J connectivity index is 1.81. The third-order valence-electron chi connectivity index (χ3n) is 3.25. The molecule has 1 aromatic carbocycles. The standard InChI is InChI=1S/C14H21FN2/c1-2-7-16-14-6-8-17(11-14)10-12-4-3-5-13(15)9-12/h3-5,9,14,16H,2,6-8,10-11H2,1H3. The second-order valence-corrected chi connectivity index (χ2v) is 4.80. The van der Waals surface area contributed by atoms with E-state index in [1.165, 1.54) is 18.9 Å². The zero-order chi connectivity index (χ0) is 12.1. The Bertz CT molecular complexity index is 354. The Morgan fingerprint density at radius 3 is 3.12 bits per heavy atom. The summed E-state index contributed by atoms with van der Waals surface area (Å²) in [5.74, 6) is -0.137. The SMILES string of the molecule is CCCNC1CCN(Cc2cccc(F)c2)C1. The van der Waals surface area contributed by atoms with Crippen LogP contribution in [0.4, 0.5) is 4.39 Å². The lowest BCUT2D eigenvalue weighted by Gasteiger charge is -2.16. The molecule has 1 saturated heterocycles. The van der Waals surface area contributed by atoms with E-state index in [1.54, 1.807) is 12.1 Å². The molecule has 0 bridgehead atoms. The summed E-state index contributed by atoms with van der Waals surface area (Å²) in [6.07, 6.45) is 2.38. The number of benzene rings is 1. The van der Waals surface area contributed by atoms with Crippen molar-refractivity contribution >= 4 is 0 Å². The van der Waals surface area contributed by atoms with Crippen molar-refractivity contribution in [1.82, 2.24) is 10.2 Å². The van der Waals surface area contributed by atoms with E-state index in [9.17, 15) is 4.39 Å². The molecule has 0 spiro atoms. The van der Waals surface area contributed by atoms with Crippen molar-refractivity contribution in [2.75, 3.05) is 19.6 Å². The number of nitrogens with one attached hydrogen (secondary N) is 1. The van der Waals surface area contributed by atoms with Gasteiger partial charge in [-0.05, 0) is 37.1 Å². The number of halogens is 1. The molecule has 0 saturated carbocycles. The molecule has 0 amide bonds. The number of likely N-dealkylation sites (tertiary alicyclic amines) is 1. The van der Waals surface area contributed by atoms with Crippen molar-refractivity contribution in [2.24, 2.45) is 0 Å². The highest BCUT2D eigenvalue weighted by Crippen LogP contribution is 2.14. The summed E-state index contributed by atoms with van der Waals surface area (Å²) < 4.78 is 13.1. The third-order valence-corrected chi connectivity index (χ3v) is 3.25. The summed E-state index contributed by atoms with van der Waals surface area (Å²) >= 11 is 0. The van der Waals surface area contributed by atoms with Gasteiger partial charge in [0.1, 0.15) is 5.82 Å². The molecular formula is C14H21FN2. The lowest BCUT2D eigenvalue weighted by atomic mass is 10.2. The molecule has 0 radical (unpaired) electrons. The minimum atomic E-state index is -0.137. The average Bonchev–Trinajstić information content (AvgIpc) is 2.74. The fourth-order valence-corrected chi connectivity index (χ4v) is 2.38. The van der Waals surface area contributed by atoms with Gasteiger partial charge in [0.15, 0.2) is 0 Å². The van der Waals surface area contributed by atoms with Crippen molar-refractivity contribution < 1.29 is 4.39 Å². The van der Waals surface area contributed by atoms with Gasteiger partial charge >= 0.3 is 0 Å². The van der Waals surface area contributed by atoms with Crippen LogP contribution in [0.2, 0.25) is 0 Å². The molecule has 0 aromatic heterocycles. The van der Waals surface area contributed by atoms with Gasteiger partial charge in [0.25, 0.3) is 0 Å². The smallest absolute Gasteiger partial charge is 0.123 e. The zero-order valence-corrected chi connectivity index (χ0v) is 10.5. The first-order valence-electron chi connectivity index (χ1n) is 6.48. The van der Waals surface area contributed by atoms with Gasteiger partial charge in [-0.2, -0.15) is 0 Å². The number of rotatable bonds is 5. The van der Waals surface area contributed by atoms with Gasteiger partial charge in [-0.15, -0.1) is 0 Å². The Labute approximate surface area is 103 Å². The predicted molar refractivity (Wildman–Crippen MR) is 68.4 cm³/mol. The minimum Gasteiger partial charge on any atom is -0.313 e. The van der Waals surface area contributed by atoms with Crippen LogP contribution in [-0.4, -0.2) is 30.6 Å². The molecule has 1 aliphatic rings. The Morgan fingerprint density at radius 2 is 2.35 bits per heavy atom. The number of nitrogens with zero attached hydrogens (tertiary/aromatic N) is 1. The summed E-state index contributed by atoms with van der Waals surface area (Å²) in [5, 5.41) is 3.54. The fourth-order valence-electron chi connectivity index (χ4n) is 2.38. The molecule has 94 valence electrons. The van der Waals surface area contributed by atoms with Gasteiger partial charge in [-0.25, -0.2) is 4.39 Å². The lowest BCUT2D eigenvalue weighted by Crippen LogP contribution is -2.32. The second kappa shape index (κ2) is 6.12. The molecule has 1 aliphatic heterocycles. The fraction of sp³-hybridized carbons (Fsp3) is 0.571. The average molecular weight is 236 g/mol. The van der Waals surface area contributed by atoms with E-state index in [0.29, 0.717) is 6.04 Å². The first kappa shape index (κ1) is 12.5. The predicted octanol–water partition coefficient (Wildman–Crippen LogP) is 2.40. The van der Waals surface area contributed by atoms with Crippen LogP contribution in [0.1, 0.15) is 25.3 Å². The van der Waals surface area contributed by atoms with Crippen LogP contribution in [-0.2, 0) is 6.54 Å². The van der Waals surface area contributed by atoms with Gasteiger partial charge in [-0.1, -0.05) is 19.1 Å². The van der Waals surface area contributed by atoms with Gasteiger partial charge < -0.3 is 5.32 Å². The molecule has 1 N–H and O–H groups in total. The van der Waals surface area contributed by atoms with E-state index in [4.69, 9.17) is 0 Å². The van der Waals surface area contributed by atoms with Gasteiger partial charge in [-0.3, -0.25) is 4.90 Å². The number of hydrogen-bond acceptors (Lipinski definition) is 2. The summed E-state index contributed by atoms with van der Waals surface area (Å²) in [5.41, 5.74) is 1.07. The Kier molecular flexibility index (Phi) is 4.51. The molecule has 1 fully saturated rings. The maximum Gasteiger partial charge on any atom is 0.123 e. The summed E-state index contributed by atoms with van der Waals surface area (Å²) in [6.45, 7) is 6.33. The summed E-state index contributed by atoms with van der Waals surface area (Å²) in [6, 6.07) is 7.53. The van der Waals surface area contributed by atoms with Gasteiger partial charge in [0.05, 0.1) is 0 Å². The minimum absolute atomic E-state index is 0.137. The lowest BCUT2D eigenvalue weighted by molar-refractivity contribution is 0.319. The molecule has 1 atom stereocenters. The number of hydrogen-bond donors (Lipinski definition) is 1. The molecular weight excluding hydrogens is 215 g/mol. The van der Waals surface area contributed by atoms with Crippen LogP contribution in [0.15, 0.2) is 24.3 Å². The Hall–Kier alpha value is -0.930. The van der Waals surface area contributed by atoms with Crippen molar-refractivity contribution in [3.63, 3.8) is 0 Å². The monoisotopic (exact) mass is 236 g/mol. The summed E-state index contributed by atoms with van der Waals surface area (Å²) in [4.78, 5) is 2.39. The van der Waals surface area contributed by atoms with Crippen LogP contribution in [0, 0.1) is 5.82 Å². The van der Waals surface area contributed by atoms with Crippen LogP contribution in [0.5, 0.6) is 0 Å². The first-order valence-corrected chi connectivity index (χ1v) is 6.48. The highest BCUT2D eigenvalue weighted by atomic mass is 19.1. The zero-order valence-electron chi connectivity index (χ0n) is 10.5. The molecule has 2 nitrogen and oxygen atoms in total. The second-order valence-electron chi connectivity index (χ2n) is 4.80. The van der Waals surface area contributed by atoms with E-state index in [1.807, 2.05) is 6.07 Å². The molecule has 3 heteroatoms. The largest absolute Gasteiger partial charge is 0.313 e. The normalized spacial score (nSPS) is 20.9. The topological polar surface area (TPSA) is 15.3 Å². The van der Waals surface area contributed by atoms with Gasteiger partial charge in [0, 0.05) is 25.7 Å². The molecule has 0 aliphatic carbocycles. The van der Waals surface area contributed by atoms with E-state index in [0.717, 1.165) is 31.7 Å². The van der Waals surface area contributed by atoms with E-state index >= 15 is 0 Å². The maximum absolute atomic E-state index is 13.1. The van der Waals surface area contributed by atoms with E-state index in [-0.39, 0.29) is 5.82 Å². The Morgan fingerprint density at radius 1 is 1.47 bits per heavy atom. The van der Waals surface area contributed by atoms with Crippen molar-refractivity contribution in [2.45, 2.75) is 32.4 Å². The van der Waals surface area contributed by atoms with Gasteiger partial charge in [0.2, 0.25) is 0 Å². The van der Waals surface area contributed by atoms with Crippen molar-refractivity contribution in [3.8, 4) is 0 Å². The molecule has 17 heavy (non-hydrogen) atoms. The quantitative estimate of drug-likeness (QED) is 0.844. The van der Waals surface area contributed by atoms with Crippen molar-refractivity contribution in [1.29, 1.82) is 0 Å². The van der Waals surface area contributed by atoms with Crippen LogP contribution >= 0.6 is 0 Å². The first-order chi connectivity index (χ1) is 8.28. The van der Waals surface area contributed by atoms with Crippen LogP contribution in [0.3, 0.4) is 0 Å². The maximum atomic E-state index is 13.1. The molecule has 1 aromatic rings. The van der Waals surface area contributed by atoms with E-state index < -0.39 is 0 Å². The highest BCUT2D eigenvalue weighted by molar-refractivity contribution is 5.16. The summed E-state index contributed by atoms with van der Waals surface area (Å²) in [7, 11) is 0. The van der Waals surface area contributed by atoms with E-state index in [2.05, 4.69) is 17.1 Å². The highest BCUT2D eigenvalue weighted by Gasteiger charge is 2.21. The van der Waals surface area contributed by atoms with Crippen LogP contribution < -0.4 is 5.32 Å². The molecule has 1 heterocycles.